The molecular weight excluding hydrogens is 638 g/mol. The van der Waals surface area contributed by atoms with Crippen molar-refractivity contribution in [1.29, 1.82) is 0 Å². The first-order chi connectivity index (χ1) is 23.0. The van der Waals surface area contributed by atoms with E-state index in [-0.39, 0.29) is 60.6 Å². The molecule has 0 unspecified atom stereocenters. The molecule has 0 aliphatic rings. The molecule has 0 spiro atoms. The number of ketones is 1. The van der Waals surface area contributed by atoms with Crippen LogP contribution in [0.25, 0.3) is 0 Å². The molecular formula is C38H61N5O7. The SMILES string of the molecule is CC(C)[C@H](NC(=O)OCCOCCn1nc(CC(C)(C)C)c(CC(C)(C)C)n1)C(=O)C[C@@H](C)C(=O)Nc1ccc(COC(=O)C(C)(C)C)cc1. The van der Waals surface area contributed by atoms with E-state index in [1.165, 1.54) is 0 Å². The molecule has 0 aliphatic carbocycles. The molecule has 0 radical (unpaired) electrons. The van der Waals surface area contributed by atoms with Crippen molar-refractivity contribution in [2.75, 3.05) is 25.1 Å². The van der Waals surface area contributed by atoms with Crippen molar-refractivity contribution in [3.63, 3.8) is 0 Å². The van der Waals surface area contributed by atoms with Gasteiger partial charge in [-0.15, -0.1) is 0 Å². The minimum atomic E-state index is -0.816. The largest absolute Gasteiger partial charge is 0.460 e. The predicted molar refractivity (Wildman–Crippen MR) is 193 cm³/mol. The number of aromatic nitrogens is 3. The van der Waals surface area contributed by atoms with Gasteiger partial charge in [-0.25, -0.2) is 4.79 Å². The number of carbonyl (C=O) groups is 4. The summed E-state index contributed by atoms with van der Waals surface area (Å²) in [6, 6.07) is 6.14. The number of Topliss-reactive ketones (excluding diaryl/α,β-unsaturated/α-hetero) is 1. The lowest BCUT2D eigenvalue weighted by Gasteiger charge is -2.22. The van der Waals surface area contributed by atoms with Crippen molar-refractivity contribution in [3.8, 4) is 0 Å². The van der Waals surface area contributed by atoms with Gasteiger partial charge in [0.15, 0.2) is 5.78 Å². The monoisotopic (exact) mass is 699 g/mol. The van der Waals surface area contributed by atoms with Crippen molar-refractivity contribution < 1.29 is 33.4 Å². The molecule has 12 heteroatoms. The number of hydrogen-bond donors (Lipinski definition) is 2. The van der Waals surface area contributed by atoms with Gasteiger partial charge in [0.25, 0.3) is 0 Å². The highest BCUT2D eigenvalue weighted by Gasteiger charge is 2.28. The highest BCUT2D eigenvalue weighted by atomic mass is 16.6. The molecule has 0 aliphatic heterocycles. The molecule has 2 N–H and O–H groups in total. The third kappa shape index (κ3) is 15.8. The third-order valence-electron chi connectivity index (χ3n) is 7.54. The molecule has 1 heterocycles. The number of rotatable bonds is 17. The fraction of sp³-hybridized carbons (Fsp3) is 0.684. The van der Waals surface area contributed by atoms with Crippen LogP contribution in [0, 0.1) is 28.1 Å². The van der Waals surface area contributed by atoms with Gasteiger partial charge in [0.05, 0.1) is 42.6 Å². The Bertz CT molecular complexity index is 1380. The van der Waals surface area contributed by atoms with Crippen LogP contribution in [0.2, 0.25) is 0 Å². The fourth-order valence-electron chi connectivity index (χ4n) is 4.86. The molecule has 50 heavy (non-hydrogen) atoms. The minimum Gasteiger partial charge on any atom is -0.460 e. The number of carbonyl (C=O) groups excluding carboxylic acids is 4. The normalized spacial score (nSPS) is 13.5. The molecule has 2 aromatic rings. The smallest absolute Gasteiger partial charge is 0.407 e. The second kappa shape index (κ2) is 18.4. The van der Waals surface area contributed by atoms with E-state index in [1.807, 2.05) is 13.8 Å². The summed E-state index contributed by atoms with van der Waals surface area (Å²) in [4.78, 5) is 52.2. The minimum absolute atomic E-state index is 0.0124. The third-order valence-corrected chi connectivity index (χ3v) is 7.54. The van der Waals surface area contributed by atoms with Crippen LogP contribution >= 0.6 is 0 Å². The fourth-order valence-corrected chi connectivity index (χ4v) is 4.86. The molecule has 2 atom stereocenters. The Morgan fingerprint density at radius 2 is 1.34 bits per heavy atom. The Morgan fingerprint density at radius 3 is 1.84 bits per heavy atom. The van der Waals surface area contributed by atoms with Gasteiger partial charge in [0.2, 0.25) is 5.91 Å². The number of hydrogen-bond acceptors (Lipinski definition) is 9. The first-order valence-corrected chi connectivity index (χ1v) is 17.6. The first kappa shape index (κ1) is 42.4. The average molecular weight is 700 g/mol. The van der Waals surface area contributed by atoms with Crippen molar-refractivity contribution in [1.82, 2.24) is 20.3 Å². The maximum atomic E-state index is 13.1. The van der Waals surface area contributed by atoms with Crippen molar-refractivity contribution in [2.24, 2.45) is 28.1 Å². The molecule has 0 fully saturated rings. The molecule has 0 saturated carbocycles. The summed E-state index contributed by atoms with van der Waals surface area (Å²) >= 11 is 0. The van der Waals surface area contributed by atoms with E-state index >= 15 is 0 Å². The van der Waals surface area contributed by atoms with E-state index in [1.54, 1.807) is 56.8 Å². The van der Waals surface area contributed by atoms with E-state index in [4.69, 9.17) is 24.4 Å². The summed E-state index contributed by atoms with van der Waals surface area (Å²) in [6.45, 7) is 24.9. The van der Waals surface area contributed by atoms with Crippen molar-refractivity contribution >= 4 is 29.4 Å². The van der Waals surface area contributed by atoms with Crippen LogP contribution in [-0.4, -0.2) is 64.6 Å². The number of amides is 2. The summed E-state index contributed by atoms with van der Waals surface area (Å²) in [7, 11) is 0. The average Bonchev–Trinajstić information content (AvgIpc) is 3.33. The molecule has 2 rings (SSSR count). The number of esters is 1. The Kier molecular flexibility index (Phi) is 15.6. The number of anilines is 1. The Balaban J connectivity index is 1.77. The van der Waals surface area contributed by atoms with Crippen LogP contribution < -0.4 is 10.6 Å². The zero-order chi connectivity index (χ0) is 37.9. The Morgan fingerprint density at radius 1 is 0.780 bits per heavy atom. The van der Waals surface area contributed by atoms with Crippen LogP contribution in [0.1, 0.15) is 106 Å². The number of alkyl carbamates (subject to hydrolysis) is 1. The van der Waals surface area contributed by atoms with Gasteiger partial charge in [-0.3, -0.25) is 14.4 Å². The molecule has 1 aromatic carbocycles. The lowest BCUT2D eigenvalue weighted by Crippen LogP contribution is -2.45. The van der Waals surface area contributed by atoms with Crippen LogP contribution in [0.3, 0.4) is 0 Å². The Labute approximate surface area is 298 Å². The summed E-state index contributed by atoms with van der Waals surface area (Å²) in [5.41, 5.74) is 2.97. The van der Waals surface area contributed by atoms with Gasteiger partial charge >= 0.3 is 12.1 Å². The second-order valence-corrected chi connectivity index (χ2v) is 16.9. The molecule has 0 saturated heterocycles. The summed E-state index contributed by atoms with van der Waals surface area (Å²) in [6.07, 6.45) is 0.889. The highest BCUT2D eigenvalue weighted by Crippen LogP contribution is 2.26. The summed E-state index contributed by atoms with van der Waals surface area (Å²) < 4.78 is 16.3. The van der Waals surface area contributed by atoms with Gasteiger partial charge < -0.3 is 24.8 Å². The number of ether oxygens (including phenoxy) is 3. The van der Waals surface area contributed by atoms with E-state index in [2.05, 4.69) is 52.2 Å². The van der Waals surface area contributed by atoms with Gasteiger partial charge in [-0.2, -0.15) is 15.0 Å². The topological polar surface area (TPSA) is 151 Å². The lowest BCUT2D eigenvalue weighted by atomic mass is 9.86. The van der Waals surface area contributed by atoms with Crippen LogP contribution in [0.5, 0.6) is 0 Å². The Hall–Kier alpha value is -3.80. The number of nitrogens with zero attached hydrogens (tertiary/aromatic N) is 3. The maximum Gasteiger partial charge on any atom is 0.407 e. The van der Waals surface area contributed by atoms with E-state index in [0.717, 1.165) is 29.8 Å². The quantitative estimate of drug-likeness (QED) is 0.138. The van der Waals surface area contributed by atoms with Crippen molar-refractivity contribution in [3.05, 3.63) is 41.2 Å². The number of benzene rings is 1. The number of nitrogens with one attached hydrogen (secondary N) is 2. The molecule has 280 valence electrons. The maximum absolute atomic E-state index is 13.1. The highest BCUT2D eigenvalue weighted by molar-refractivity contribution is 5.97. The van der Waals surface area contributed by atoms with Crippen LogP contribution in [0.15, 0.2) is 24.3 Å². The second-order valence-electron chi connectivity index (χ2n) is 16.9. The van der Waals surface area contributed by atoms with Gasteiger partial charge in [-0.1, -0.05) is 74.4 Å². The van der Waals surface area contributed by atoms with Crippen molar-refractivity contribution in [2.45, 2.75) is 122 Å². The summed E-state index contributed by atoms with van der Waals surface area (Å²) in [5, 5.41) is 14.9. The van der Waals surface area contributed by atoms with Gasteiger partial charge in [0.1, 0.15) is 13.2 Å². The van der Waals surface area contributed by atoms with Crippen LogP contribution in [0.4, 0.5) is 10.5 Å². The molecule has 2 amide bonds. The molecule has 1 aromatic heterocycles. The van der Waals surface area contributed by atoms with E-state index < -0.39 is 23.5 Å². The lowest BCUT2D eigenvalue weighted by molar-refractivity contribution is -0.154. The summed E-state index contributed by atoms with van der Waals surface area (Å²) in [5.74, 6) is -1.74. The zero-order valence-electron chi connectivity index (χ0n) is 32.4. The zero-order valence-corrected chi connectivity index (χ0v) is 32.4. The predicted octanol–water partition coefficient (Wildman–Crippen LogP) is 6.55. The first-order valence-electron chi connectivity index (χ1n) is 17.6. The standard InChI is InChI=1S/C38H61N5O7/c1-25(2)32(31(44)21-26(3)33(45)39-28-15-13-27(14-16-28)24-50-34(46)38(10,11)12)40-35(47)49-20-19-48-18-17-43-41-29(22-36(4,5)6)30(42-43)23-37(7,8)9/h13-16,25-26,32H,17-24H2,1-12H3,(H,39,45)(H,40,47)/t26-,32+/m1/s1. The van der Waals surface area contributed by atoms with Gasteiger partial charge in [-0.05, 0) is 68.1 Å². The van der Waals surface area contributed by atoms with Gasteiger partial charge in [0, 0.05) is 18.0 Å². The van der Waals surface area contributed by atoms with E-state index in [9.17, 15) is 19.2 Å². The molecule has 12 nitrogen and oxygen atoms in total. The molecule has 0 bridgehead atoms. The van der Waals surface area contributed by atoms with E-state index in [0.29, 0.717) is 18.8 Å². The van der Waals surface area contributed by atoms with Crippen LogP contribution in [-0.2, 0) is 54.6 Å².